The Morgan fingerprint density at radius 1 is 0.935 bits per heavy atom. The van der Waals surface area contributed by atoms with Gasteiger partial charge >= 0.3 is 186 Å². The third-order valence-corrected chi connectivity index (χ3v) is 14.5. The number of fused-ring (bicyclic) bond motifs is 3. The summed E-state index contributed by atoms with van der Waals surface area (Å²) in [5, 5.41) is 1.75. The first-order valence-electron chi connectivity index (χ1n) is 11.6. The molecule has 0 N–H and O–H groups in total. The predicted octanol–water partition coefficient (Wildman–Crippen LogP) is -2.11. The van der Waals surface area contributed by atoms with Crippen molar-refractivity contribution in [1.82, 2.24) is 0 Å². The molecule has 7 atom stereocenters. The summed E-state index contributed by atoms with van der Waals surface area (Å²) in [6.07, 6.45) is 17.0. The summed E-state index contributed by atoms with van der Waals surface area (Å²) in [5.41, 5.74) is 3.84. The van der Waals surface area contributed by atoms with Crippen LogP contribution in [0.25, 0.3) is 0 Å². The minimum absolute atomic E-state index is 0. The maximum absolute atomic E-state index is 2.77. The SMILES string of the molecule is CCCC[Si](C)(c1cc(C)cc(C)c1)C1C2C=CC=CC2C2CCC[CH]([Ti+3])C21.[Cl-].[Cl-].[Cl-]. The molecule has 0 radical (unpaired) electrons. The van der Waals surface area contributed by atoms with Crippen LogP contribution in [0.15, 0.2) is 42.5 Å². The van der Waals surface area contributed by atoms with Crippen LogP contribution in [0.2, 0.25) is 22.4 Å². The first-order chi connectivity index (χ1) is 13.5. The zero-order chi connectivity index (χ0) is 19.9. The average Bonchev–Trinajstić information content (AvgIpc) is 3.02. The largest absolute Gasteiger partial charge is 1.00 e. The van der Waals surface area contributed by atoms with Gasteiger partial charge in [-0.25, -0.2) is 0 Å². The van der Waals surface area contributed by atoms with Crippen LogP contribution in [0.4, 0.5) is 0 Å². The molecule has 0 bridgehead atoms. The van der Waals surface area contributed by atoms with Crippen molar-refractivity contribution in [1.29, 1.82) is 0 Å². The van der Waals surface area contributed by atoms with Gasteiger partial charge in [0.2, 0.25) is 0 Å². The van der Waals surface area contributed by atoms with Crippen molar-refractivity contribution in [3.63, 3.8) is 0 Å². The van der Waals surface area contributed by atoms with Crippen LogP contribution in [0.3, 0.4) is 0 Å². The Bertz CT molecular complexity index is 760. The van der Waals surface area contributed by atoms with Crippen molar-refractivity contribution in [2.45, 2.75) is 75.2 Å². The topological polar surface area (TPSA) is 0 Å². The van der Waals surface area contributed by atoms with E-state index in [1.165, 1.54) is 49.3 Å². The predicted molar refractivity (Wildman–Crippen MR) is 120 cm³/mol. The van der Waals surface area contributed by atoms with E-state index in [-0.39, 0.29) is 37.2 Å². The standard InChI is InChI=1S/C26H37Si.3ClH.Ti/c1-5-6-15-27(4,21-17-19(2)16-20(3)18-21)26-24-13-9-7-11-22(24)23-12-8-10-14-25(23)26;;;;/h7,9,11,13-14,16-18,22-26H,5-6,8,10,12,15H2,1-4H3;3*1H;/q;;;;+3/p-3. The van der Waals surface area contributed by atoms with Gasteiger partial charge in [-0.05, 0) is 0 Å². The summed E-state index contributed by atoms with van der Waals surface area (Å²) in [5.74, 6) is 3.46. The quantitative estimate of drug-likeness (QED) is 0.382. The van der Waals surface area contributed by atoms with Crippen molar-refractivity contribution in [3.8, 4) is 0 Å². The molecule has 3 aliphatic rings. The molecule has 0 spiro atoms. The van der Waals surface area contributed by atoms with Crippen LogP contribution in [-0.2, 0) is 20.4 Å². The second-order valence-electron chi connectivity index (χ2n) is 10.1. The van der Waals surface area contributed by atoms with E-state index >= 15 is 0 Å². The monoisotopic (exact) mass is 530 g/mol. The smallest absolute Gasteiger partial charge is 1.00 e. The van der Waals surface area contributed by atoms with Crippen LogP contribution < -0.4 is 42.4 Å². The number of halogens is 3. The molecule has 5 heteroatoms. The van der Waals surface area contributed by atoms with E-state index in [2.05, 4.69) is 90.3 Å². The zero-order valence-electron chi connectivity index (χ0n) is 19.4. The Kier molecular flexibility index (Phi) is 11.7. The maximum atomic E-state index is 2.77. The zero-order valence-corrected chi connectivity index (χ0v) is 24.2. The van der Waals surface area contributed by atoms with Gasteiger partial charge in [0.05, 0.1) is 0 Å². The number of aryl methyl sites for hydroxylation is 2. The van der Waals surface area contributed by atoms with Crippen LogP contribution >= 0.6 is 0 Å². The first-order valence-corrected chi connectivity index (χ1v) is 15.3. The van der Waals surface area contributed by atoms with E-state index in [1.54, 1.807) is 5.19 Å². The average molecular weight is 532 g/mol. The molecule has 0 aromatic heterocycles. The molecule has 0 heterocycles. The fraction of sp³-hybridized carbons (Fsp3) is 0.615. The molecule has 1 aromatic carbocycles. The summed E-state index contributed by atoms with van der Waals surface area (Å²) in [7, 11) is -1.62. The summed E-state index contributed by atoms with van der Waals surface area (Å²) in [4.78, 5) is 0. The van der Waals surface area contributed by atoms with Gasteiger partial charge < -0.3 is 37.2 Å². The first kappa shape index (κ1) is 29.5. The van der Waals surface area contributed by atoms with Gasteiger partial charge in [-0.3, -0.25) is 0 Å². The van der Waals surface area contributed by atoms with E-state index in [9.17, 15) is 0 Å². The number of rotatable bonds is 5. The van der Waals surface area contributed by atoms with Gasteiger partial charge in [0.25, 0.3) is 0 Å². The normalized spacial score (nSPS) is 32.6. The van der Waals surface area contributed by atoms with E-state index in [4.69, 9.17) is 0 Å². The van der Waals surface area contributed by atoms with Gasteiger partial charge in [-0.1, -0.05) is 0 Å². The van der Waals surface area contributed by atoms with E-state index < -0.39 is 8.07 Å². The maximum Gasteiger partial charge on any atom is -1.00 e. The van der Waals surface area contributed by atoms with Crippen molar-refractivity contribution >= 4 is 13.3 Å². The molecular weight excluding hydrogens is 495 g/mol. The Morgan fingerprint density at radius 2 is 1.55 bits per heavy atom. The van der Waals surface area contributed by atoms with Gasteiger partial charge in [0, 0.05) is 0 Å². The van der Waals surface area contributed by atoms with Crippen LogP contribution in [0.1, 0.15) is 50.2 Å². The molecule has 2 saturated carbocycles. The second-order valence-corrected chi connectivity index (χ2v) is 15.9. The molecule has 3 aliphatic carbocycles. The fourth-order valence-electron chi connectivity index (χ4n) is 7.11. The number of hydrogen-bond donors (Lipinski definition) is 0. The Hall–Kier alpha value is 0.501. The van der Waals surface area contributed by atoms with E-state index in [1.807, 2.05) is 0 Å². The summed E-state index contributed by atoms with van der Waals surface area (Å²) in [6, 6.07) is 8.98. The van der Waals surface area contributed by atoms with Crippen molar-refractivity contribution in [3.05, 3.63) is 53.6 Å². The molecule has 0 saturated heterocycles. The molecule has 1 aromatic rings. The van der Waals surface area contributed by atoms with Crippen molar-refractivity contribution in [2.75, 3.05) is 0 Å². The molecule has 2 fully saturated rings. The third-order valence-electron chi connectivity index (χ3n) is 8.22. The molecule has 170 valence electrons. The molecule has 7 unspecified atom stereocenters. The van der Waals surface area contributed by atoms with Crippen molar-refractivity contribution in [2.24, 2.45) is 23.7 Å². The van der Waals surface area contributed by atoms with E-state index in [0.717, 1.165) is 33.4 Å². The Labute approximate surface area is 222 Å². The third kappa shape index (κ3) is 5.60. The molecule has 4 rings (SSSR count). The molecule has 0 nitrogen and oxygen atoms in total. The minimum Gasteiger partial charge on any atom is -1.00 e. The van der Waals surface area contributed by atoms with Crippen molar-refractivity contribution < 1.29 is 57.7 Å². The number of unbranched alkanes of at least 4 members (excludes halogenated alkanes) is 1. The van der Waals surface area contributed by atoms with Crippen LogP contribution in [-0.4, -0.2) is 8.07 Å². The number of allylic oxidation sites excluding steroid dienone is 4. The summed E-state index contributed by atoms with van der Waals surface area (Å²) in [6.45, 7) is 9.76. The number of hydrogen-bond acceptors (Lipinski definition) is 0. The van der Waals surface area contributed by atoms with Gasteiger partial charge in [0.1, 0.15) is 0 Å². The fourth-order valence-corrected chi connectivity index (χ4v) is 14.2. The van der Waals surface area contributed by atoms with Gasteiger partial charge in [0.15, 0.2) is 0 Å². The minimum atomic E-state index is -1.62. The van der Waals surface area contributed by atoms with Crippen LogP contribution in [0, 0.1) is 37.5 Å². The molecule has 31 heavy (non-hydrogen) atoms. The van der Waals surface area contributed by atoms with Gasteiger partial charge in [-0.15, -0.1) is 0 Å². The molecule has 0 aliphatic heterocycles. The second kappa shape index (κ2) is 12.3. The Morgan fingerprint density at radius 3 is 2.16 bits per heavy atom. The van der Waals surface area contributed by atoms with E-state index in [0.29, 0.717) is 0 Å². The summed E-state index contributed by atoms with van der Waals surface area (Å²) < 4.78 is 0.899. The molecular formula is C26H37Cl3SiTi. The Balaban J connectivity index is 0.00000160. The summed E-state index contributed by atoms with van der Waals surface area (Å²) >= 11 is 2.59. The molecule has 0 amide bonds. The van der Waals surface area contributed by atoms with Gasteiger partial charge in [-0.2, -0.15) is 0 Å². The van der Waals surface area contributed by atoms with Crippen LogP contribution in [0.5, 0.6) is 0 Å². The number of benzene rings is 1.